The molecule has 154 valence electrons. The normalized spacial score (nSPS) is 16.6. The minimum absolute atomic E-state index is 0.164. The minimum atomic E-state index is -0.429. The second-order valence-electron chi connectivity index (χ2n) is 7.28. The maximum absolute atomic E-state index is 13.1. The van der Waals surface area contributed by atoms with Crippen molar-refractivity contribution >= 4 is 11.9 Å². The number of benzene rings is 2. The Labute approximate surface area is 171 Å². The van der Waals surface area contributed by atoms with Crippen molar-refractivity contribution in [3.63, 3.8) is 0 Å². The van der Waals surface area contributed by atoms with Gasteiger partial charge in [0.2, 0.25) is 0 Å². The summed E-state index contributed by atoms with van der Waals surface area (Å²) < 4.78 is 18.3. The summed E-state index contributed by atoms with van der Waals surface area (Å²) in [6, 6.07) is 13.1. The van der Waals surface area contributed by atoms with Gasteiger partial charge in [0.1, 0.15) is 17.6 Å². The van der Waals surface area contributed by atoms with Gasteiger partial charge < -0.3 is 9.64 Å². The number of methoxy groups -OCH3 is 1. The quantitative estimate of drug-likeness (QED) is 0.588. The molecule has 1 heterocycles. The number of halogens is 1. The van der Waals surface area contributed by atoms with Crippen molar-refractivity contribution in [1.82, 2.24) is 9.80 Å². The minimum Gasteiger partial charge on any atom is -0.497 e. The lowest BCUT2D eigenvalue weighted by atomic mass is 10.0. The highest BCUT2D eigenvalue weighted by atomic mass is 19.1. The van der Waals surface area contributed by atoms with Crippen LogP contribution in [0.15, 0.2) is 48.5 Å². The number of hydrogen-bond donors (Lipinski definition) is 0. The first-order chi connectivity index (χ1) is 14.0. The molecule has 0 radical (unpaired) electrons. The van der Waals surface area contributed by atoms with Crippen molar-refractivity contribution in [3.8, 4) is 5.75 Å². The molecule has 1 aliphatic heterocycles. The molecule has 0 saturated carbocycles. The van der Waals surface area contributed by atoms with Crippen LogP contribution in [0.1, 0.15) is 37.3 Å². The summed E-state index contributed by atoms with van der Waals surface area (Å²) in [6.45, 7) is 2.72. The van der Waals surface area contributed by atoms with Crippen molar-refractivity contribution in [2.75, 3.05) is 13.7 Å². The molecule has 6 heteroatoms. The molecular formula is C23H27FN2O3. The highest BCUT2D eigenvalue weighted by Gasteiger charge is 2.43. The molecule has 5 nitrogen and oxygen atoms in total. The third-order valence-corrected chi connectivity index (χ3v) is 5.22. The average Bonchev–Trinajstić information content (AvgIpc) is 2.95. The third kappa shape index (κ3) is 4.94. The Morgan fingerprint density at radius 1 is 1.00 bits per heavy atom. The summed E-state index contributed by atoms with van der Waals surface area (Å²) >= 11 is 0. The largest absolute Gasteiger partial charge is 0.497 e. The van der Waals surface area contributed by atoms with E-state index in [2.05, 4.69) is 0 Å². The van der Waals surface area contributed by atoms with Gasteiger partial charge in [0.25, 0.3) is 5.91 Å². The zero-order valence-corrected chi connectivity index (χ0v) is 16.9. The number of hydrogen-bond acceptors (Lipinski definition) is 3. The molecule has 1 aliphatic rings. The first kappa shape index (κ1) is 20.8. The van der Waals surface area contributed by atoms with E-state index in [9.17, 15) is 14.0 Å². The maximum Gasteiger partial charge on any atom is 0.327 e. The van der Waals surface area contributed by atoms with Crippen LogP contribution < -0.4 is 4.74 Å². The number of amides is 3. The van der Waals surface area contributed by atoms with Crippen LogP contribution >= 0.6 is 0 Å². The van der Waals surface area contributed by atoms with E-state index in [4.69, 9.17) is 4.74 Å². The van der Waals surface area contributed by atoms with Crippen molar-refractivity contribution in [1.29, 1.82) is 0 Å². The van der Waals surface area contributed by atoms with E-state index in [1.165, 1.54) is 22.6 Å². The van der Waals surface area contributed by atoms with Crippen LogP contribution in [0.3, 0.4) is 0 Å². The lowest BCUT2D eigenvalue weighted by molar-refractivity contribution is -0.128. The zero-order valence-electron chi connectivity index (χ0n) is 16.9. The van der Waals surface area contributed by atoms with Crippen LogP contribution in [-0.4, -0.2) is 41.4 Å². The van der Waals surface area contributed by atoms with Crippen molar-refractivity contribution < 1.29 is 18.7 Å². The van der Waals surface area contributed by atoms with Gasteiger partial charge in [-0.1, -0.05) is 31.2 Å². The van der Waals surface area contributed by atoms with Crippen LogP contribution in [0, 0.1) is 5.82 Å². The molecule has 0 aromatic heterocycles. The summed E-state index contributed by atoms with van der Waals surface area (Å²) in [5.41, 5.74) is 1.91. The number of ether oxygens (including phenoxy) is 1. The van der Waals surface area contributed by atoms with Crippen LogP contribution in [0.4, 0.5) is 9.18 Å². The van der Waals surface area contributed by atoms with Gasteiger partial charge >= 0.3 is 6.03 Å². The monoisotopic (exact) mass is 398 g/mol. The Kier molecular flexibility index (Phi) is 6.86. The van der Waals surface area contributed by atoms with Gasteiger partial charge in [-0.3, -0.25) is 9.69 Å². The second kappa shape index (κ2) is 9.54. The van der Waals surface area contributed by atoms with Crippen LogP contribution in [0.2, 0.25) is 0 Å². The highest BCUT2D eigenvalue weighted by Crippen LogP contribution is 2.25. The van der Waals surface area contributed by atoms with Gasteiger partial charge in [-0.05, 0) is 61.1 Å². The fraction of sp³-hybridized carbons (Fsp3) is 0.391. The number of aryl methyl sites for hydroxylation is 1. The number of imide groups is 1. The summed E-state index contributed by atoms with van der Waals surface area (Å²) in [7, 11) is 1.64. The van der Waals surface area contributed by atoms with Gasteiger partial charge in [-0.2, -0.15) is 0 Å². The summed E-state index contributed by atoms with van der Waals surface area (Å²) in [4.78, 5) is 28.8. The Hall–Kier alpha value is -2.89. The van der Waals surface area contributed by atoms with Crippen molar-refractivity contribution in [2.24, 2.45) is 0 Å². The fourth-order valence-corrected chi connectivity index (χ4v) is 3.68. The van der Waals surface area contributed by atoms with Crippen molar-refractivity contribution in [3.05, 3.63) is 65.5 Å². The third-order valence-electron chi connectivity index (χ3n) is 5.22. The molecule has 3 amide bonds. The Morgan fingerprint density at radius 2 is 1.66 bits per heavy atom. The zero-order chi connectivity index (χ0) is 20.8. The van der Waals surface area contributed by atoms with Crippen LogP contribution in [0.5, 0.6) is 5.75 Å². The fourth-order valence-electron chi connectivity index (χ4n) is 3.68. The van der Waals surface area contributed by atoms with E-state index in [0.717, 1.165) is 30.6 Å². The predicted molar refractivity (Wildman–Crippen MR) is 109 cm³/mol. The molecule has 0 bridgehead atoms. The smallest absolute Gasteiger partial charge is 0.327 e. The van der Waals surface area contributed by atoms with Crippen LogP contribution in [0.25, 0.3) is 0 Å². The average molecular weight is 398 g/mol. The van der Waals surface area contributed by atoms with E-state index < -0.39 is 6.04 Å². The molecule has 1 unspecified atom stereocenters. The molecular weight excluding hydrogens is 371 g/mol. The summed E-state index contributed by atoms with van der Waals surface area (Å²) in [5, 5.41) is 0. The standard InChI is InChI=1S/C23H27FN2O3/c1-3-15-25-21(6-4-5-17-9-13-20(29-2)14-10-17)22(27)26(23(25)28)16-18-7-11-19(24)12-8-18/h7-14,21H,3-6,15-16H2,1-2H3. The lowest BCUT2D eigenvalue weighted by Crippen LogP contribution is -2.35. The number of carbonyl (C=O) groups is 2. The molecule has 0 N–H and O–H groups in total. The molecule has 0 aliphatic carbocycles. The highest BCUT2D eigenvalue weighted by molar-refractivity contribution is 6.04. The molecule has 3 rings (SSSR count). The van der Waals surface area contributed by atoms with Gasteiger partial charge in [0.05, 0.1) is 13.7 Å². The molecule has 29 heavy (non-hydrogen) atoms. The number of carbonyl (C=O) groups excluding carboxylic acids is 2. The molecule has 1 saturated heterocycles. The predicted octanol–water partition coefficient (Wildman–Crippen LogP) is 4.40. The maximum atomic E-state index is 13.1. The van der Waals surface area contributed by atoms with E-state index in [-0.39, 0.29) is 24.3 Å². The molecule has 1 fully saturated rings. The number of nitrogens with zero attached hydrogens (tertiary/aromatic N) is 2. The molecule has 2 aromatic carbocycles. The van der Waals surface area contributed by atoms with E-state index >= 15 is 0 Å². The van der Waals surface area contributed by atoms with Gasteiger partial charge in [0, 0.05) is 6.54 Å². The Morgan fingerprint density at radius 3 is 2.28 bits per heavy atom. The summed E-state index contributed by atoms with van der Waals surface area (Å²) in [6.07, 6.45) is 3.05. The van der Waals surface area contributed by atoms with Gasteiger partial charge in [-0.25, -0.2) is 9.18 Å². The van der Waals surface area contributed by atoms with Crippen molar-refractivity contribution in [2.45, 2.75) is 45.2 Å². The van der Waals surface area contributed by atoms with Gasteiger partial charge in [0.15, 0.2) is 0 Å². The molecule has 1 atom stereocenters. The van der Waals surface area contributed by atoms with Crippen LogP contribution in [-0.2, 0) is 17.8 Å². The number of urea groups is 1. The van der Waals surface area contributed by atoms with E-state index in [1.54, 1.807) is 24.1 Å². The molecule has 2 aromatic rings. The Balaban J connectivity index is 1.64. The Bertz CT molecular complexity index is 836. The van der Waals surface area contributed by atoms with Gasteiger partial charge in [-0.15, -0.1) is 0 Å². The van der Waals surface area contributed by atoms with E-state index in [1.807, 2.05) is 31.2 Å². The second-order valence-corrected chi connectivity index (χ2v) is 7.28. The first-order valence-electron chi connectivity index (χ1n) is 10.0. The van der Waals surface area contributed by atoms with E-state index in [0.29, 0.717) is 13.0 Å². The number of rotatable bonds is 9. The summed E-state index contributed by atoms with van der Waals surface area (Å²) in [5.74, 6) is 0.315. The molecule has 0 spiro atoms. The first-order valence-corrected chi connectivity index (χ1v) is 10.0. The SMILES string of the molecule is CCCN1C(=O)N(Cc2ccc(F)cc2)C(=O)C1CCCc1ccc(OC)cc1. The topological polar surface area (TPSA) is 49.9 Å². The lowest BCUT2D eigenvalue weighted by Gasteiger charge is -2.21.